The maximum Gasteiger partial charge on any atom is 0.336 e. The van der Waals surface area contributed by atoms with Gasteiger partial charge in [0.1, 0.15) is 0 Å². The Balaban J connectivity index is 2.17. The van der Waals surface area contributed by atoms with E-state index in [1.165, 1.54) is 205 Å². The Morgan fingerprint density at radius 2 is 0.615 bits per heavy atom. The molecule has 4 nitrogen and oxygen atoms in total. The standard InChI is InChI=1S/C48H87NO3/c1-3-5-7-9-11-13-15-17-19-21-23-25-27-29-31-33-35-39-43-49(47(50)45-41-37-38-42-46(45)48(51)52)44-40-36-34-32-30-28-26-24-22-20-18-16-14-12-10-8-6-4-2/h37-38,41-42H,3-36,39-40,43-44H2,1-2H3,(H,51,52). The Hall–Kier alpha value is -1.84. The molecular formula is C48H87NO3. The van der Waals surface area contributed by atoms with Crippen LogP contribution in [0.15, 0.2) is 24.3 Å². The van der Waals surface area contributed by atoms with E-state index in [1.54, 1.807) is 24.3 Å². The Morgan fingerprint density at radius 3 is 0.865 bits per heavy atom. The van der Waals surface area contributed by atoms with E-state index in [0.717, 1.165) is 38.8 Å². The smallest absolute Gasteiger partial charge is 0.336 e. The van der Waals surface area contributed by atoms with Crippen LogP contribution < -0.4 is 0 Å². The Bertz CT molecular complexity index is 890. The molecule has 0 saturated heterocycles. The molecule has 0 radical (unpaired) electrons. The van der Waals surface area contributed by atoms with Crippen LogP contribution in [0, 0.1) is 0 Å². The summed E-state index contributed by atoms with van der Waals surface area (Å²) in [7, 11) is 0. The molecule has 1 rings (SSSR count). The SMILES string of the molecule is CCCCCCCCCCCCCCCCCCCCN(CCCCCCCCCCCCCCCCCCCC)C(=O)c1ccccc1C(=O)O. The van der Waals surface area contributed by atoms with Gasteiger partial charge in [-0.1, -0.05) is 244 Å². The fourth-order valence-corrected chi connectivity index (χ4v) is 7.75. The molecule has 0 aliphatic rings. The number of carboxylic acid groups (broad SMARTS) is 1. The van der Waals surface area contributed by atoms with Crippen LogP contribution in [0.1, 0.15) is 266 Å². The first-order valence-corrected chi connectivity index (χ1v) is 23.2. The van der Waals surface area contributed by atoms with Crippen molar-refractivity contribution < 1.29 is 14.7 Å². The summed E-state index contributed by atoms with van der Waals surface area (Å²) in [5.41, 5.74) is 0.452. The average molecular weight is 726 g/mol. The number of nitrogens with zero attached hydrogens (tertiary/aromatic N) is 1. The second-order valence-corrected chi connectivity index (χ2v) is 16.2. The Kier molecular flexibility index (Phi) is 34.7. The predicted octanol–water partition coefficient (Wildman–Crippen LogP) is 15.9. The van der Waals surface area contributed by atoms with Gasteiger partial charge in [-0.15, -0.1) is 0 Å². The van der Waals surface area contributed by atoms with Gasteiger partial charge < -0.3 is 10.0 Å². The van der Waals surface area contributed by atoms with Crippen LogP contribution in [0.3, 0.4) is 0 Å². The molecule has 0 atom stereocenters. The molecule has 0 unspecified atom stereocenters. The molecule has 52 heavy (non-hydrogen) atoms. The zero-order valence-electron chi connectivity index (χ0n) is 34.9. The van der Waals surface area contributed by atoms with E-state index in [0.29, 0.717) is 5.56 Å². The molecule has 0 heterocycles. The van der Waals surface area contributed by atoms with Crippen molar-refractivity contribution in [1.82, 2.24) is 4.90 Å². The van der Waals surface area contributed by atoms with Gasteiger partial charge in [0.15, 0.2) is 0 Å². The van der Waals surface area contributed by atoms with E-state index < -0.39 is 5.97 Å². The van der Waals surface area contributed by atoms with Crippen molar-refractivity contribution in [3.63, 3.8) is 0 Å². The number of carbonyl (C=O) groups excluding carboxylic acids is 1. The maximum atomic E-state index is 13.6. The number of hydrogen-bond donors (Lipinski definition) is 1. The maximum absolute atomic E-state index is 13.6. The molecule has 0 bridgehead atoms. The monoisotopic (exact) mass is 726 g/mol. The van der Waals surface area contributed by atoms with Crippen LogP contribution in [0.5, 0.6) is 0 Å². The molecule has 0 aliphatic carbocycles. The highest BCUT2D eigenvalue weighted by Gasteiger charge is 2.21. The summed E-state index contributed by atoms with van der Waals surface area (Å²) in [5.74, 6) is -1.14. The lowest BCUT2D eigenvalue weighted by molar-refractivity contribution is 0.0673. The van der Waals surface area contributed by atoms with Crippen LogP contribution in [0.25, 0.3) is 0 Å². The first-order valence-electron chi connectivity index (χ1n) is 23.2. The van der Waals surface area contributed by atoms with Crippen molar-refractivity contribution in [3.8, 4) is 0 Å². The van der Waals surface area contributed by atoms with E-state index in [-0.39, 0.29) is 11.5 Å². The molecule has 0 fully saturated rings. The average Bonchev–Trinajstić information content (AvgIpc) is 3.15. The van der Waals surface area contributed by atoms with E-state index in [4.69, 9.17) is 0 Å². The summed E-state index contributed by atoms with van der Waals surface area (Å²) in [5, 5.41) is 9.70. The Labute approximate surface area is 324 Å². The predicted molar refractivity (Wildman–Crippen MR) is 227 cm³/mol. The van der Waals surface area contributed by atoms with Crippen LogP contribution in [0.2, 0.25) is 0 Å². The lowest BCUT2D eigenvalue weighted by Gasteiger charge is -2.23. The van der Waals surface area contributed by atoms with Crippen LogP contribution in [0.4, 0.5) is 0 Å². The van der Waals surface area contributed by atoms with Gasteiger partial charge in [0, 0.05) is 13.1 Å². The van der Waals surface area contributed by atoms with E-state index in [1.807, 2.05) is 4.90 Å². The van der Waals surface area contributed by atoms with Gasteiger partial charge in [-0.25, -0.2) is 4.79 Å². The first kappa shape index (κ1) is 48.2. The minimum Gasteiger partial charge on any atom is -0.478 e. The number of carboxylic acids is 1. The highest BCUT2D eigenvalue weighted by molar-refractivity contribution is 6.04. The number of hydrogen-bond acceptors (Lipinski definition) is 2. The van der Waals surface area contributed by atoms with Crippen molar-refractivity contribution in [2.45, 2.75) is 245 Å². The van der Waals surface area contributed by atoms with Crippen molar-refractivity contribution in [2.75, 3.05) is 13.1 Å². The second-order valence-electron chi connectivity index (χ2n) is 16.2. The molecule has 1 aromatic carbocycles. The number of benzene rings is 1. The van der Waals surface area contributed by atoms with Gasteiger partial charge in [-0.3, -0.25) is 4.79 Å². The Morgan fingerprint density at radius 1 is 0.385 bits per heavy atom. The zero-order chi connectivity index (χ0) is 37.6. The fraction of sp³-hybridized carbons (Fsp3) is 0.833. The molecule has 0 aromatic heterocycles. The summed E-state index contributed by atoms with van der Waals surface area (Å²) in [6.07, 6.45) is 48.5. The number of amides is 1. The molecule has 0 spiro atoms. The van der Waals surface area contributed by atoms with E-state index in [9.17, 15) is 14.7 Å². The molecule has 1 aromatic rings. The second kappa shape index (κ2) is 37.5. The van der Waals surface area contributed by atoms with Gasteiger partial charge in [-0.05, 0) is 25.0 Å². The summed E-state index contributed by atoms with van der Waals surface area (Å²) < 4.78 is 0. The lowest BCUT2D eigenvalue weighted by atomic mass is 10.0. The van der Waals surface area contributed by atoms with Crippen molar-refractivity contribution >= 4 is 11.9 Å². The van der Waals surface area contributed by atoms with Crippen LogP contribution >= 0.6 is 0 Å². The van der Waals surface area contributed by atoms with Gasteiger partial charge in [0.25, 0.3) is 5.91 Å². The minimum absolute atomic E-state index is 0.114. The quantitative estimate of drug-likeness (QED) is 0.0685. The molecular weight excluding hydrogens is 639 g/mol. The third-order valence-corrected chi connectivity index (χ3v) is 11.2. The summed E-state index contributed by atoms with van der Waals surface area (Å²) in [6, 6.07) is 6.73. The number of carbonyl (C=O) groups is 2. The molecule has 4 heteroatoms. The summed E-state index contributed by atoms with van der Waals surface area (Å²) >= 11 is 0. The largest absolute Gasteiger partial charge is 0.478 e. The van der Waals surface area contributed by atoms with Gasteiger partial charge >= 0.3 is 5.97 Å². The third kappa shape index (κ3) is 28.6. The van der Waals surface area contributed by atoms with Crippen LogP contribution in [-0.4, -0.2) is 35.0 Å². The normalized spacial score (nSPS) is 11.3. The highest BCUT2D eigenvalue weighted by Crippen LogP contribution is 2.18. The van der Waals surface area contributed by atoms with Crippen LogP contribution in [-0.2, 0) is 0 Å². The van der Waals surface area contributed by atoms with Gasteiger partial charge in [0.2, 0.25) is 0 Å². The lowest BCUT2D eigenvalue weighted by Crippen LogP contribution is -2.34. The number of aromatic carboxylic acids is 1. The van der Waals surface area contributed by atoms with Crippen molar-refractivity contribution in [2.24, 2.45) is 0 Å². The topological polar surface area (TPSA) is 57.6 Å². The van der Waals surface area contributed by atoms with E-state index in [2.05, 4.69) is 13.8 Å². The molecule has 1 amide bonds. The molecule has 0 saturated carbocycles. The first-order chi connectivity index (χ1) is 25.6. The number of unbranched alkanes of at least 4 members (excludes halogenated alkanes) is 34. The van der Waals surface area contributed by atoms with Crippen molar-refractivity contribution in [3.05, 3.63) is 35.4 Å². The van der Waals surface area contributed by atoms with Crippen molar-refractivity contribution in [1.29, 1.82) is 0 Å². The molecule has 0 aliphatic heterocycles. The fourth-order valence-electron chi connectivity index (χ4n) is 7.75. The molecule has 1 N–H and O–H groups in total. The van der Waals surface area contributed by atoms with E-state index >= 15 is 0 Å². The molecule has 302 valence electrons. The zero-order valence-corrected chi connectivity index (χ0v) is 34.9. The third-order valence-electron chi connectivity index (χ3n) is 11.2. The highest BCUT2D eigenvalue weighted by atomic mass is 16.4. The summed E-state index contributed by atoms with van der Waals surface area (Å²) in [4.78, 5) is 27.4. The van der Waals surface area contributed by atoms with Gasteiger partial charge in [0.05, 0.1) is 11.1 Å². The minimum atomic E-state index is -1.02. The summed E-state index contributed by atoms with van der Waals surface area (Å²) in [6.45, 7) is 6.03. The van der Waals surface area contributed by atoms with Gasteiger partial charge in [-0.2, -0.15) is 0 Å². The number of rotatable bonds is 40.